The van der Waals surface area contributed by atoms with E-state index in [0.717, 1.165) is 31.0 Å². The van der Waals surface area contributed by atoms with E-state index in [1.165, 1.54) is 19.1 Å². The second-order valence-electron chi connectivity index (χ2n) is 13.1. The van der Waals surface area contributed by atoms with Crippen LogP contribution in [0.15, 0.2) is 40.8 Å². The Morgan fingerprint density at radius 3 is 2.38 bits per heavy atom. The standard InChI is InChI=1S/C35H40F4N4O9/c1-18(41-34(48)52-35(2,3)4)29-28(31(47)42-27(30(46)40-17-19-8-9-19)22-12-11-21(36)16-23(22)37)43-32(51-29)20-10-13-24(50-33(38)39)25(15-20)49-14-6-5-7-26(44)45/h10-13,15-16,18-19,27,33H,5-9,14,17H2,1-4H3,(H,40,46)(H,41,48)(H,42,47)(H,44,45)/t18-,27?/m0/s1. The van der Waals surface area contributed by atoms with Crippen molar-refractivity contribution in [3.05, 3.63) is 65.1 Å². The van der Waals surface area contributed by atoms with E-state index < -0.39 is 65.5 Å². The predicted octanol–water partition coefficient (Wildman–Crippen LogP) is 6.44. The normalized spacial score (nSPS) is 13.9. The zero-order valence-electron chi connectivity index (χ0n) is 28.9. The van der Waals surface area contributed by atoms with Gasteiger partial charge in [0.05, 0.1) is 12.6 Å². The molecule has 4 rings (SSSR count). The third-order valence-corrected chi connectivity index (χ3v) is 7.52. The number of oxazole rings is 1. The fraction of sp³-hybridized carbons (Fsp3) is 0.457. The van der Waals surface area contributed by atoms with Crippen LogP contribution >= 0.6 is 0 Å². The van der Waals surface area contributed by atoms with Crippen LogP contribution in [-0.2, 0) is 14.3 Å². The molecule has 1 heterocycles. The number of aromatic nitrogens is 1. The molecule has 1 aromatic heterocycles. The molecule has 282 valence electrons. The first-order valence-electron chi connectivity index (χ1n) is 16.5. The van der Waals surface area contributed by atoms with E-state index in [1.54, 1.807) is 20.8 Å². The van der Waals surface area contributed by atoms with Crippen molar-refractivity contribution in [1.29, 1.82) is 0 Å². The summed E-state index contributed by atoms with van der Waals surface area (Å²) in [7, 11) is 0. The molecule has 2 atom stereocenters. The number of halogens is 4. The van der Waals surface area contributed by atoms with Crippen LogP contribution in [0.4, 0.5) is 22.4 Å². The van der Waals surface area contributed by atoms with E-state index in [1.807, 2.05) is 0 Å². The number of nitrogens with one attached hydrogen (secondary N) is 3. The monoisotopic (exact) mass is 736 g/mol. The van der Waals surface area contributed by atoms with Gasteiger partial charge in [-0.1, -0.05) is 6.07 Å². The molecule has 13 nitrogen and oxygen atoms in total. The molecule has 1 aliphatic rings. The molecule has 0 aliphatic heterocycles. The first-order valence-corrected chi connectivity index (χ1v) is 16.5. The van der Waals surface area contributed by atoms with Crippen LogP contribution in [0, 0.1) is 17.6 Å². The number of unbranched alkanes of at least 4 members (excludes halogenated alkanes) is 1. The maximum atomic E-state index is 15.0. The van der Waals surface area contributed by atoms with Crippen LogP contribution in [0.1, 0.15) is 93.7 Å². The molecule has 1 saturated carbocycles. The van der Waals surface area contributed by atoms with E-state index in [4.69, 9.17) is 19.0 Å². The fourth-order valence-corrected chi connectivity index (χ4v) is 4.86. The number of hydrogen-bond acceptors (Lipinski definition) is 9. The van der Waals surface area contributed by atoms with Crippen molar-refractivity contribution in [3.63, 3.8) is 0 Å². The predicted molar refractivity (Wildman–Crippen MR) is 176 cm³/mol. The van der Waals surface area contributed by atoms with Gasteiger partial charge in [-0.25, -0.2) is 18.6 Å². The van der Waals surface area contributed by atoms with Gasteiger partial charge in [0, 0.05) is 30.2 Å². The minimum atomic E-state index is -3.20. The van der Waals surface area contributed by atoms with Crippen LogP contribution in [0.25, 0.3) is 11.5 Å². The molecule has 1 fully saturated rings. The summed E-state index contributed by atoms with van der Waals surface area (Å²) in [6, 6.07) is 3.50. The number of carbonyl (C=O) groups is 4. The van der Waals surface area contributed by atoms with E-state index in [0.29, 0.717) is 6.07 Å². The van der Waals surface area contributed by atoms with Crippen molar-refractivity contribution in [2.45, 2.75) is 84.1 Å². The minimum Gasteiger partial charge on any atom is -0.490 e. The number of carboxylic acids is 1. The third-order valence-electron chi connectivity index (χ3n) is 7.52. The Labute approximate surface area is 296 Å². The van der Waals surface area contributed by atoms with Crippen molar-refractivity contribution in [2.24, 2.45) is 5.92 Å². The molecule has 17 heteroatoms. The molecule has 0 spiro atoms. The zero-order valence-corrected chi connectivity index (χ0v) is 28.9. The van der Waals surface area contributed by atoms with Crippen LogP contribution in [0.5, 0.6) is 11.5 Å². The summed E-state index contributed by atoms with van der Waals surface area (Å²) >= 11 is 0. The number of alkyl carbamates (subject to hydrolysis) is 1. The topological polar surface area (TPSA) is 178 Å². The average Bonchev–Trinajstić information content (AvgIpc) is 3.76. The largest absolute Gasteiger partial charge is 0.490 e. The SMILES string of the molecule is C[C@H](NC(=O)OC(C)(C)C)c1oc(-c2ccc(OC(F)F)c(OCCCCC(=O)O)c2)nc1C(=O)NC(C(=O)NCC1CC1)c1ccc(F)cc1F. The lowest BCUT2D eigenvalue weighted by Gasteiger charge is -2.22. The maximum absolute atomic E-state index is 15.0. The van der Waals surface area contributed by atoms with Crippen LogP contribution in [-0.4, -0.2) is 59.3 Å². The molecule has 1 unspecified atom stereocenters. The number of alkyl halides is 2. The number of hydrogen-bond donors (Lipinski definition) is 4. The number of amides is 3. The molecule has 3 aromatic rings. The van der Waals surface area contributed by atoms with E-state index in [9.17, 15) is 36.7 Å². The highest BCUT2D eigenvalue weighted by molar-refractivity contribution is 5.98. The third kappa shape index (κ3) is 11.6. The van der Waals surface area contributed by atoms with E-state index in [-0.39, 0.29) is 72.6 Å². The Bertz CT molecular complexity index is 1760. The van der Waals surface area contributed by atoms with Crippen LogP contribution in [0.2, 0.25) is 0 Å². The van der Waals surface area contributed by atoms with Gasteiger partial charge in [-0.05, 0) is 83.6 Å². The highest BCUT2D eigenvalue weighted by atomic mass is 19.3. The van der Waals surface area contributed by atoms with Crippen LogP contribution in [0.3, 0.4) is 0 Å². The molecule has 2 aromatic carbocycles. The number of carboxylic acid groups (broad SMARTS) is 1. The molecule has 0 saturated heterocycles. The van der Waals surface area contributed by atoms with Crippen molar-refractivity contribution in [2.75, 3.05) is 13.2 Å². The maximum Gasteiger partial charge on any atom is 0.408 e. The Hall–Kier alpha value is -5.35. The lowest BCUT2D eigenvalue weighted by atomic mass is 10.0. The highest BCUT2D eigenvalue weighted by Gasteiger charge is 2.33. The number of nitrogens with zero attached hydrogens (tertiary/aromatic N) is 1. The van der Waals surface area contributed by atoms with Gasteiger partial charge in [0.2, 0.25) is 11.8 Å². The van der Waals surface area contributed by atoms with Crippen molar-refractivity contribution in [3.8, 4) is 23.0 Å². The smallest absolute Gasteiger partial charge is 0.408 e. The van der Waals surface area contributed by atoms with Gasteiger partial charge < -0.3 is 39.7 Å². The number of carbonyl (C=O) groups excluding carboxylic acids is 3. The van der Waals surface area contributed by atoms with E-state index in [2.05, 4.69) is 25.7 Å². The number of ether oxygens (including phenoxy) is 3. The lowest BCUT2D eigenvalue weighted by Crippen LogP contribution is -2.42. The summed E-state index contributed by atoms with van der Waals surface area (Å²) < 4.78 is 76.6. The second kappa shape index (κ2) is 17.2. The second-order valence-corrected chi connectivity index (χ2v) is 13.1. The highest BCUT2D eigenvalue weighted by Crippen LogP contribution is 2.36. The average molecular weight is 737 g/mol. The van der Waals surface area contributed by atoms with Crippen molar-refractivity contribution in [1.82, 2.24) is 20.9 Å². The van der Waals surface area contributed by atoms with Gasteiger partial charge in [0.15, 0.2) is 23.0 Å². The Kier molecular flexibility index (Phi) is 13.1. The molecular weight excluding hydrogens is 696 g/mol. The summed E-state index contributed by atoms with van der Waals surface area (Å²) in [6.07, 6.45) is 1.31. The number of rotatable bonds is 17. The summed E-state index contributed by atoms with van der Waals surface area (Å²) in [4.78, 5) is 55.0. The molecule has 1 aliphatic carbocycles. The molecule has 3 amide bonds. The van der Waals surface area contributed by atoms with Crippen molar-refractivity contribution < 1.29 is 60.5 Å². The summed E-state index contributed by atoms with van der Waals surface area (Å²) in [5.74, 6) is -5.55. The number of benzene rings is 2. The van der Waals surface area contributed by atoms with Gasteiger partial charge in [-0.2, -0.15) is 8.78 Å². The van der Waals surface area contributed by atoms with Gasteiger partial charge in [-0.15, -0.1) is 0 Å². The first-order chi connectivity index (χ1) is 24.5. The molecule has 4 N–H and O–H groups in total. The van der Waals surface area contributed by atoms with E-state index >= 15 is 0 Å². The van der Waals surface area contributed by atoms with Gasteiger partial charge in [-0.3, -0.25) is 14.4 Å². The fourth-order valence-electron chi connectivity index (χ4n) is 4.86. The van der Waals surface area contributed by atoms with Gasteiger partial charge in [0.1, 0.15) is 23.3 Å². The molecule has 0 radical (unpaired) electrons. The summed E-state index contributed by atoms with van der Waals surface area (Å²) in [5.41, 5.74) is -1.54. The van der Waals surface area contributed by atoms with Gasteiger partial charge >= 0.3 is 18.7 Å². The molecule has 52 heavy (non-hydrogen) atoms. The first kappa shape index (κ1) is 39.4. The Balaban J connectivity index is 1.71. The Morgan fingerprint density at radius 1 is 1.02 bits per heavy atom. The molecular formula is C35H40F4N4O9. The zero-order chi connectivity index (χ0) is 38.2. The van der Waals surface area contributed by atoms with Crippen LogP contribution < -0.4 is 25.4 Å². The number of aliphatic carboxylic acids is 1. The van der Waals surface area contributed by atoms with Crippen molar-refractivity contribution >= 4 is 23.9 Å². The Morgan fingerprint density at radius 2 is 1.75 bits per heavy atom. The minimum absolute atomic E-state index is 0.0538. The molecule has 0 bridgehead atoms. The van der Waals surface area contributed by atoms with Gasteiger partial charge in [0.25, 0.3) is 5.91 Å². The summed E-state index contributed by atoms with van der Waals surface area (Å²) in [5, 5.41) is 16.5. The summed E-state index contributed by atoms with van der Waals surface area (Å²) in [6.45, 7) is 3.39. The lowest BCUT2D eigenvalue weighted by molar-refractivity contribution is -0.137. The quantitative estimate of drug-likeness (QED) is 0.0891.